The molecule has 0 fully saturated rings. The lowest BCUT2D eigenvalue weighted by Gasteiger charge is -2.31. The van der Waals surface area contributed by atoms with E-state index < -0.39 is 22.7 Å². The van der Waals surface area contributed by atoms with E-state index in [1.807, 2.05) is 97.9 Å². The van der Waals surface area contributed by atoms with Crippen LogP contribution in [-0.2, 0) is 19.4 Å². The van der Waals surface area contributed by atoms with Crippen LogP contribution >= 0.6 is 6.89 Å². The highest BCUT2D eigenvalue weighted by Crippen LogP contribution is 2.48. The lowest BCUT2D eigenvalue weighted by molar-refractivity contribution is -0.134. The van der Waals surface area contributed by atoms with Crippen LogP contribution < -0.4 is 15.9 Å². The van der Waals surface area contributed by atoms with Gasteiger partial charge in [-0.1, -0.05) is 109 Å². The molecule has 4 aromatic rings. The van der Waals surface area contributed by atoms with Crippen molar-refractivity contribution in [2.45, 2.75) is 18.7 Å². The minimum Gasteiger partial charge on any atom is -0.462 e. The van der Waals surface area contributed by atoms with Gasteiger partial charge in [-0.25, -0.2) is 13.2 Å². The fraction of sp³-hybridized carbons (Fsp3) is 0.103. The minimum absolute atomic E-state index is 0.0596. The molecule has 4 nitrogen and oxygen atoms in total. The van der Waals surface area contributed by atoms with Gasteiger partial charge in [-0.2, -0.15) is 0 Å². The molecule has 4 aromatic carbocycles. The number of benzene rings is 4. The van der Waals surface area contributed by atoms with Crippen molar-refractivity contribution in [3.63, 3.8) is 0 Å². The predicted octanol–water partition coefficient (Wildman–Crippen LogP) is 4.46. The molecule has 0 aliphatic heterocycles. The molecular formula is C29H27O4PS. The predicted molar refractivity (Wildman–Crippen MR) is 145 cm³/mol. The Balaban J connectivity index is 2.32. The third kappa shape index (κ3) is 4.62. The van der Waals surface area contributed by atoms with Gasteiger partial charge in [0.1, 0.15) is 0 Å². The SMILES string of the molecule is CCOC(=O)C(=P(c1ccccc1)(c1ccccc1)c1ccccc1)S(=O)(=O)c1ccc(C)cc1. The fourth-order valence-corrected chi connectivity index (χ4v) is 11.7. The molecule has 0 atom stereocenters. The number of hydrogen-bond donors (Lipinski definition) is 0. The molecule has 0 bridgehead atoms. The molecule has 0 N–H and O–H groups in total. The van der Waals surface area contributed by atoms with E-state index in [0.29, 0.717) is 0 Å². The summed E-state index contributed by atoms with van der Waals surface area (Å²) >= 11 is 0. The van der Waals surface area contributed by atoms with Crippen LogP contribution in [0, 0.1) is 6.92 Å². The summed E-state index contributed by atoms with van der Waals surface area (Å²) in [5, 5.41) is 2.28. The smallest absolute Gasteiger partial charge is 0.351 e. The number of carbonyl (C=O) groups excluding carboxylic acids is 1. The third-order valence-electron chi connectivity index (χ3n) is 5.77. The summed E-state index contributed by atoms with van der Waals surface area (Å²) in [5.74, 6) is -0.821. The van der Waals surface area contributed by atoms with Crippen LogP contribution in [0.25, 0.3) is 0 Å². The van der Waals surface area contributed by atoms with Gasteiger partial charge in [0, 0.05) is 6.89 Å². The Morgan fingerprint density at radius 3 is 1.46 bits per heavy atom. The number of aryl methyl sites for hydroxylation is 1. The van der Waals surface area contributed by atoms with Gasteiger partial charge in [0.25, 0.3) is 0 Å². The maximum Gasteiger partial charge on any atom is 0.351 e. The van der Waals surface area contributed by atoms with E-state index >= 15 is 0 Å². The van der Waals surface area contributed by atoms with Crippen molar-refractivity contribution in [2.24, 2.45) is 0 Å². The summed E-state index contributed by atoms with van der Waals surface area (Å²) in [6.45, 7) is 0.438. The Bertz CT molecular complexity index is 1360. The lowest BCUT2D eigenvalue weighted by Crippen LogP contribution is -2.38. The Hall–Kier alpha value is -3.40. The topological polar surface area (TPSA) is 60.4 Å². The molecule has 35 heavy (non-hydrogen) atoms. The van der Waals surface area contributed by atoms with Crippen molar-refractivity contribution in [1.29, 1.82) is 0 Å². The van der Waals surface area contributed by atoms with Gasteiger partial charge in [0.15, 0.2) is 4.63 Å². The van der Waals surface area contributed by atoms with Crippen LogP contribution in [0.2, 0.25) is 0 Å². The molecular weight excluding hydrogens is 475 g/mol. The number of hydrogen-bond acceptors (Lipinski definition) is 4. The Morgan fingerprint density at radius 1 is 0.686 bits per heavy atom. The van der Waals surface area contributed by atoms with Gasteiger partial charge in [0.2, 0.25) is 9.84 Å². The highest BCUT2D eigenvalue weighted by molar-refractivity contribution is 8.22. The molecule has 178 valence electrons. The van der Waals surface area contributed by atoms with Crippen LogP contribution in [-0.4, -0.2) is 25.6 Å². The highest BCUT2D eigenvalue weighted by Gasteiger charge is 2.41. The van der Waals surface area contributed by atoms with Crippen molar-refractivity contribution in [2.75, 3.05) is 6.61 Å². The third-order valence-corrected chi connectivity index (χ3v) is 12.9. The molecule has 4 rings (SSSR count). The molecule has 0 saturated carbocycles. The second kappa shape index (κ2) is 10.5. The maximum absolute atomic E-state index is 14.4. The van der Waals surface area contributed by atoms with Crippen LogP contribution in [0.15, 0.2) is 120 Å². The average Bonchev–Trinajstić information content (AvgIpc) is 2.89. The van der Waals surface area contributed by atoms with E-state index in [-0.39, 0.29) is 16.1 Å². The molecule has 0 aliphatic carbocycles. The van der Waals surface area contributed by atoms with Gasteiger partial charge < -0.3 is 4.74 Å². The first kappa shape index (κ1) is 24.7. The van der Waals surface area contributed by atoms with E-state index in [4.69, 9.17) is 4.74 Å². The quantitative estimate of drug-likeness (QED) is 0.277. The fourth-order valence-electron chi connectivity index (χ4n) is 4.20. The van der Waals surface area contributed by atoms with Gasteiger partial charge >= 0.3 is 5.97 Å². The number of rotatable bonds is 7. The first-order valence-electron chi connectivity index (χ1n) is 11.3. The lowest BCUT2D eigenvalue weighted by atomic mass is 10.2. The first-order chi connectivity index (χ1) is 16.9. The van der Waals surface area contributed by atoms with Crippen molar-refractivity contribution >= 4 is 43.2 Å². The molecule has 0 aromatic heterocycles. The van der Waals surface area contributed by atoms with E-state index in [9.17, 15) is 13.2 Å². The van der Waals surface area contributed by atoms with Crippen LogP contribution in [0.4, 0.5) is 0 Å². The van der Waals surface area contributed by atoms with Crippen molar-refractivity contribution in [3.05, 3.63) is 121 Å². The summed E-state index contributed by atoms with van der Waals surface area (Å²) < 4.78 is 34.1. The number of ether oxygens (including phenoxy) is 1. The summed E-state index contributed by atoms with van der Waals surface area (Å²) in [4.78, 5) is 13.9. The molecule has 0 spiro atoms. The van der Waals surface area contributed by atoms with E-state index in [1.165, 1.54) is 0 Å². The first-order valence-corrected chi connectivity index (χ1v) is 14.6. The van der Waals surface area contributed by atoms with Crippen molar-refractivity contribution < 1.29 is 17.9 Å². The van der Waals surface area contributed by atoms with Crippen LogP contribution in [0.1, 0.15) is 12.5 Å². The monoisotopic (exact) mass is 502 g/mol. The minimum atomic E-state index is -4.25. The Kier molecular flexibility index (Phi) is 7.39. The summed E-state index contributed by atoms with van der Waals surface area (Å²) in [6, 6.07) is 34.9. The molecule has 6 heteroatoms. The van der Waals surface area contributed by atoms with Crippen molar-refractivity contribution in [3.8, 4) is 0 Å². The zero-order valence-electron chi connectivity index (χ0n) is 19.7. The number of esters is 1. The average molecular weight is 503 g/mol. The molecule has 0 amide bonds. The largest absolute Gasteiger partial charge is 0.462 e. The molecule has 0 saturated heterocycles. The maximum atomic E-state index is 14.4. The normalized spacial score (nSPS) is 11.6. The second-order valence-corrected chi connectivity index (χ2v) is 13.5. The number of carbonyl (C=O) groups is 1. The van der Waals surface area contributed by atoms with E-state index in [1.54, 1.807) is 31.2 Å². The molecule has 0 radical (unpaired) electrons. The van der Waals surface area contributed by atoms with Gasteiger partial charge in [-0.15, -0.1) is 0 Å². The highest BCUT2D eigenvalue weighted by atomic mass is 32.2. The standard InChI is InChI=1S/C29H27O4PS/c1-3-33-28(30)29(35(31,32)27-21-19-23(2)20-22-27)34(24-13-7-4-8-14-24,25-15-9-5-10-16-25)26-17-11-6-12-18-26/h4-22H,3H2,1-2H3. The molecule has 0 heterocycles. The zero-order valence-corrected chi connectivity index (χ0v) is 21.4. The Morgan fingerprint density at radius 2 is 1.09 bits per heavy atom. The Labute approximate surface area is 207 Å². The van der Waals surface area contributed by atoms with Crippen LogP contribution in [0.3, 0.4) is 0 Å². The van der Waals surface area contributed by atoms with Gasteiger partial charge in [-0.3, -0.25) is 0 Å². The summed E-state index contributed by atoms with van der Waals surface area (Å²) in [7, 11) is -4.25. The van der Waals surface area contributed by atoms with E-state index in [0.717, 1.165) is 21.5 Å². The second-order valence-electron chi connectivity index (χ2n) is 8.02. The van der Waals surface area contributed by atoms with Gasteiger partial charge in [-0.05, 0) is 41.9 Å². The van der Waals surface area contributed by atoms with Gasteiger partial charge in [0.05, 0.1) is 11.5 Å². The number of sulfone groups is 1. The zero-order chi connectivity index (χ0) is 24.9. The molecule has 0 aliphatic rings. The molecule has 0 unspecified atom stereocenters. The van der Waals surface area contributed by atoms with Crippen LogP contribution in [0.5, 0.6) is 0 Å². The van der Waals surface area contributed by atoms with Crippen molar-refractivity contribution in [1.82, 2.24) is 0 Å². The van der Waals surface area contributed by atoms with E-state index in [2.05, 4.69) is 0 Å². The summed E-state index contributed by atoms with van der Waals surface area (Å²) in [6.07, 6.45) is 0. The summed E-state index contributed by atoms with van der Waals surface area (Å²) in [5.41, 5.74) is 0.928.